The molecule has 0 unspecified atom stereocenters. The van der Waals surface area contributed by atoms with E-state index in [1.54, 1.807) is 66.7 Å². The Morgan fingerprint density at radius 3 is 2.26 bits per heavy atom. The first-order chi connectivity index (χ1) is 16.8. The molecule has 3 amide bonds. The molecule has 35 heavy (non-hydrogen) atoms. The number of hydrazone groups is 1. The SMILES string of the molecule is COc1ccc(NC(=O)C(=O)N/N=C\c2ccccc2OCC(=O)Nc2cc(Cl)cc(Cl)c2)cc1. The van der Waals surface area contributed by atoms with Crippen molar-refractivity contribution >= 4 is 58.5 Å². The van der Waals surface area contributed by atoms with Gasteiger partial charge in [-0.3, -0.25) is 14.4 Å². The Morgan fingerprint density at radius 2 is 1.57 bits per heavy atom. The van der Waals surface area contributed by atoms with Crippen LogP contribution in [-0.2, 0) is 14.4 Å². The number of carbonyl (C=O) groups is 3. The molecule has 180 valence electrons. The molecule has 0 saturated carbocycles. The van der Waals surface area contributed by atoms with E-state index in [0.717, 1.165) is 0 Å². The maximum atomic E-state index is 12.2. The van der Waals surface area contributed by atoms with E-state index in [2.05, 4.69) is 21.2 Å². The molecule has 3 aromatic rings. The van der Waals surface area contributed by atoms with Crippen LogP contribution >= 0.6 is 23.2 Å². The van der Waals surface area contributed by atoms with Gasteiger partial charge in [0.05, 0.1) is 13.3 Å². The third-order valence-electron chi connectivity index (χ3n) is 4.35. The maximum absolute atomic E-state index is 12.2. The van der Waals surface area contributed by atoms with Gasteiger partial charge in [-0.15, -0.1) is 0 Å². The van der Waals surface area contributed by atoms with Gasteiger partial charge in [-0.2, -0.15) is 5.10 Å². The van der Waals surface area contributed by atoms with Crippen LogP contribution in [0.15, 0.2) is 71.8 Å². The van der Waals surface area contributed by atoms with Gasteiger partial charge in [0.1, 0.15) is 11.5 Å². The molecule has 0 atom stereocenters. The summed E-state index contributed by atoms with van der Waals surface area (Å²) in [4.78, 5) is 36.3. The fourth-order valence-corrected chi connectivity index (χ4v) is 3.28. The van der Waals surface area contributed by atoms with E-state index in [0.29, 0.717) is 38.5 Å². The summed E-state index contributed by atoms with van der Waals surface area (Å²) in [6, 6.07) is 17.9. The molecule has 0 aromatic heterocycles. The number of hydrogen-bond donors (Lipinski definition) is 3. The molecule has 3 N–H and O–H groups in total. The zero-order valence-electron chi connectivity index (χ0n) is 18.4. The molecule has 9 nitrogen and oxygen atoms in total. The second kappa shape index (κ2) is 12.4. The van der Waals surface area contributed by atoms with Crippen molar-refractivity contribution in [3.8, 4) is 11.5 Å². The lowest BCUT2D eigenvalue weighted by Crippen LogP contribution is -2.32. The lowest BCUT2D eigenvalue weighted by molar-refractivity contribution is -0.136. The molecule has 0 bridgehead atoms. The first-order valence-electron chi connectivity index (χ1n) is 10.1. The highest BCUT2D eigenvalue weighted by Crippen LogP contribution is 2.22. The van der Waals surface area contributed by atoms with Gasteiger partial charge >= 0.3 is 11.8 Å². The summed E-state index contributed by atoms with van der Waals surface area (Å²) in [5.74, 6) is -1.33. The van der Waals surface area contributed by atoms with Crippen molar-refractivity contribution in [2.24, 2.45) is 5.10 Å². The van der Waals surface area contributed by atoms with Crippen LogP contribution in [0, 0.1) is 0 Å². The second-order valence-corrected chi connectivity index (χ2v) is 7.79. The summed E-state index contributed by atoms with van der Waals surface area (Å²) < 4.78 is 10.6. The number of anilines is 2. The van der Waals surface area contributed by atoms with Crippen LogP contribution in [0.25, 0.3) is 0 Å². The number of amides is 3. The van der Waals surface area contributed by atoms with E-state index >= 15 is 0 Å². The molecule has 0 aliphatic rings. The molecular weight excluding hydrogens is 495 g/mol. The molecule has 0 heterocycles. The van der Waals surface area contributed by atoms with Gasteiger partial charge in [-0.25, -0.2) is 5.43 Å². The number of methoxy groups -OCH3 is 1. The minimum absolute atomic E-state index is 0.300. The van der Waals surface area contributed by atoms with E-state index in [1.807, 2.05) is 0 Å². The molecule has 3 aromatic carbocycles. The number of rotatable bonds is 8. The monoisotopic (exact) mass is 514 g/mol. The largest absolute Gasteiger partial charge is 0.497 e. The van der Waals surface area contributed by atoms with Crippen LogP contribution in [0.1, 0.15) is 5.56 Å². The molecule has 0 saturated heterocycles. The number of hydrogen-bond acceptors (Lipinski definition) is 6. The van der Waals surface area contributed by atoms with E-state index in [1.165, 1.54) is 13.3 Å². The number of nitrogens with zero attached hydrogens (tertiary/aromatic N) is 1. The highest BCUT2D eigenvalue weighted by Gasteiger charge is 2.13. The number of halogens is 2. The summed E-state index contributed by atoms with van der Waals surface area (Å²) in [6.45, 7) is -0.300. The van der Waals surface area contributed by atoms with Crippen LogP contribution in [0.2, 0.25) is 10.0 Å². The molecule has 0 aliphatic heterocycles. The Labute approximate surface area is 211 Å². The Morgan fingerprint density at radius 1 is 0.886 bits per heavy atom. The number of ether oxygens (including phenoxy) is 2. The number of para-hydroxylation sites is 1. The van der Waals surface area contributed by atoms with E-state index < -0.39 is 17.7 Å². The summed E-state index contributed by atoms with van der Waals surface area (Å²) in [7, 11) is 1.52. The van der Waals surface area contributed by atoms with Gasteiger partial charge < -0.3 is 20.1 Å². The molecule has 11 heteroatoms. The highest BCUT2D eigenvalue weighted by atomic mass is 35.5. The zero-order chi connectivity index (χ0) is 25.2. The fourth-order valence-electron chi connectivity index (χ4n) is 2.76. The standard InChI is InChI=1S/C24H20Cl2N4O5/c1-34-20-8-6-18(7-9-20)29-23(32)24(33)30-27-13-15-4-2-3-5-21(15)35-14-22(31)28-19-11-16(25)10-17(26)12-19/h2-13H,14H2,1H3,(H,28,31)(H,29,32)(H,30,33)/b27-13-. The number of nitrogens with one attached hydrogen (secondary N) is 3. The van der Waals surface area contributed by atoms with Gasteiger partial charge in [0.25, 0.3) is 5.91 Å². The van der Waals surface area contributed by atoms with Crippen LogP contribution in [-0.4, -0.2) is 37.7 Å². The molecule has 3 rings (SSSR count). The van der Waals surface area contributed by atoms with Crippen molar-refractivity contribution in [3.05, 3.63) is 82.3 Å². The lowest BCUT2D eigenvalue weighted by Gasteiger charge is -2.10. The predicted octanol–water partition coefficient (Wildman–Crippen LogP) is 4.11. The Bertz CT molecular complexity index is 1230. The van der Waals surface area contributed by atoms with Crippen molar-refractivity contribution in [3.63, 3.8) is 0 Å². The first kappa shape index (κ1) is 25.5. The first-order valence-corrected chi connectivity index (χ1v) is 10.9. The molecular formula is C24H20Cl2N4O5. The Balaban J connectivity index is 1.53. The average molecular weight is 515 g/mol. The Kier molecular flexibility index (Phi) is 9.05. The maximum Gasteiger partial charge on any atom is 0.329 e. The van der Waals surface area contributed by atoms with Gasteiger partial charge in [0, 0.05) is 27.0 Å². The van der Waals surface area contributed by atoms with Crippen molar-refractivity contribution in [2.45, 2.75) is 0 Å². The topological polar surface area (TPSA) is 118 Å². The molecule has 0 fully saturated rings. The lowest BCUT2D eigenvalue weighted by atomic mass is 10.2. The highest BCUT2D eigenvalue weighted by molar-refractivity contribution is 6.39. The normalized spacial score (nSPS) is 10.5. The van der Waals surface area contributed by atoms with Gasteiger partial charge in [-0.05, 0) is 54.6 Å². The summed E-state index contributed by atoms with van der Waals surface area (Å²) in [5.41, 5.74) is 3.47. The van der Waals surface area contributed by atoms with Crippen LogP contribution in [0.4, 0.5) is 11.4 Å². The second-order valence-electron chi connectivity index (χ2n) is 6.91. The van der Waals surface area contributed by atoms with Crippen molar-refractivity contribution in [1.29, 1.82) is 0 Å². The summed E-state index contributed by atoms with van der Waals surface area (Å²) in [6.07, 6.45) is 1.29. The van der Waals surface area contributed by atoms with Gasteiger partial charge in [0.15, 0.2) is 6.61 Å². The minimum Gasteiger partial charge on any atom is -0.497 e. The smallest absolute Gasteiger partial charge is 0.329 e. The average Bonchev–Trinajstić information content (AvgIpc) is 2.83. The zero-order valence-corrected chi connectivity index (χ0v) is 19.9. The summed E-state index contributed by atoms with van der Waals surface area (Å²) >= 11 is 11.9. The van der Waals surface area contributed by atoms with E-state index in [-0.39, 0.29) is 6.61 Å². The van der Waals surface area contributed by atoms with Crippen LogP contribution in [0.5, 0.6) is 11.5 Å². The molecule has 0 aliphatic carbocycles. The van der Waals surface area contributed by atoms with Gasteiger partial charge in [0.2, 0.25) is 0 Å². The van der Waals surface area contributed by atoms with Crippen molar-refractivity contribution in [2.75, 3.05) is 24.4 Å². The third kappa shape index (κ3) is 8.02. The Hall–Kier alpha value is -4.08. The van der Waals surface area contributed by atoms with Crippen LogP contribution in [0.3, 0.4) is 0 Å². The van der Waals surface area contributed by atoms with Gasteiger partial charge in [-0.1, -0.05) is 35.3 Å². The van der Waals surface area contributed by atoms with Crippen molar-refractivity contribution < 1.29 is 23.9 Å². The van der Waals surface area contributed by atoms with Crippen LogP contribution < -0.4 is 25.5 Å². The quantitative estimate of drug-likeness (QED) is 0.237. The van der Waals surface area contributed by atoms with Crippen molar-refractivity contribution in [1.82, 2.24) is 5.43 Å². The predicted molar refractivity (Wildman–Crippen MR) is 134 cm³/mol. The summed E-state index contributed by atoms with van der Waals surface area (Å²) in [5, 5.41) is 9.64. The molecule has 0 radical (unpaired) electrons. The fraction of sp³-hybridized carbons (Fsp3) is 0.0833. The number of carbonyl (C=O) groups excluding carboxylic acids is 3. The van der Waals surface area contributed by atoms with E-state index in [9.17, 15) is 14.4 Å². The third-order valence-corrected chi connectivity index (χ3v) is 4.78. The minimum atomic E-state index is -0.963. The molecule has 0 spiro atoms. The van der Waals surface area contributed by atoms with E-state index in [4.69, 9.17) is 32.7 Å². The number of benzene rings is 3.